The van der Waals surface area contributed by atoms with E-state index in [1.54, 1.807) is 36.0 Å². The maximum absolute atomic E-state index is 13.6. The first kappa shape index (κ1) is 21.8. The average molecular weight is 445 g/mol. The van der Waals surface area contributed by atoms with Crippen LogP contribution in [0.15, 0.2) is 84.9 Å². The molecule has 4 rings (SSSR count). The minimum absolute atomic E-state index is 0.341. The second-order valence-corrected chi connectivity index (χ2v) is 8.57. The zero-order valence-corrected chi connectivity index (χ0v) is 18.5. The van der Waals surface area contributed by atoms with Gasteiger partial charge in [-0.25, -0.2) is 0 Å². The number of nitrogens with one attached hydrogen (secondary N) is 1. The molecule has 3 amide bonds. The topological polar surface area (TPSA) is 66.5 Å². The van der Waals surface area contributed by atoms with Gasteiger partial charge >= 0.3 is 0 Å². The standard InChI is InChI=1S/C26H24N2O3S/c1-32-17-16-22(28-25(30)20-14-8-9-15-21(20)26(28)31)24(29)27-23(18-10-4-2-5-11-18)19-12-6-3-7-13-19/h2-15,22-23H,16-17H2,1H3,(H,27,29)/t22-/m0/s1. The molecule has 0 aromatic heterocycles. The smallest absolute Gasteiger partial charge is 0.262 e. The molecular weight excluding hydrogens is 420 g/mol. The zero-order valence-electron chi connectivity index (χ0n) is 17.7. The Bertz CT molecular complexity index is 1040. The number of hydrogen-bond donors (Lipinski definition) is 1. The monoisotopic (exact) mass is 444 g/mol. The van der Waals surface area contributed by atoms with Crippen LogP contribution in [0.3, 0.4) is 0 Å². The summed E-state index contributed by atoms with van der Waals surface area (Å²) in [5.74, 6) is -0.524. The van der Waals surface area contributed by atoms with Crippen LogP contribution >= 0.6 is 11.8 Å². The summed E-state index contributed by atoms with van der Waals surface area (Å²) in [5, 5.41) is 3.11. The summed E-state index contributed by atoms with van der Waals surface area (Å²) in [5.41, 5.74) is 2.56. The van der Waals surface area contributed by atoms with E-state index in [2.05, 4.69) is 5.32 Å². The fraction of sp³-hybridized carbons (Fsp3) is 0.192. The lowest BCUT2D eigenvalue weighted by atomic mass is 9.98. The van der Waals surface area contributed by atoms with Crippen molar-refractivity contribution in [3.8, 4) is 0 Å². The van der Waals surface area contributed by atoms with Gasteiger partial charge in [-0.05, 0) is 41.7 Å². The maximum atomic E-state index is 13.6. The van der Waals surface area contributed by atoms with Gasteiger partial charge in [0.25, 0.3) is 11.8 Å². The van der Waals surface area contributed by atoms with Crippen molar-refractivity contribution < 1.29 is 14.4 Å². The first-order chi connectivity index (χ1) is 15.6. The molecule has 3 aromatic rings. The van der Waals surface area contributed by atoms with Crippen LogP contribution < -0.4 is 5.32 Å². The molecule has 0 saturated carbocycles. The minimum Gasteiger partial charge on any atom is -0.343 e. The predicted octanol–water partition coefficient (Wildman–Crippen LogP) is 4.31. The van der Waals surface area contributed by atoms with E-state index in [-0.39, 0.29) is 5.91 Å². The third kappa shape index (κ3) is 4.32. The molecule has 0 unspecified atom stereocenters. The first-order valence-electron chi connectivity index (χ1n) is 10.5. The third-order valence-electron chi connectivity index (χ3n) is 5.59. The average Bonchev–Trinajstić information content (AvgIpc) is 3.09. The Hall–Kier alpha value is -3.38. The highest BCUT2D eigenvalue weighted by molar-refractivity contribution is 7.98. The Morgan fingerprint density at radius 1 is 0.812 bits per heavy atom. The Labute approximate surface area is 191 Å². The van der Waals surface area contributed by atoms with Crippen molar-refractivity contribution in [3.05, 3.63) is 107 Å². The van der Waals surface area contributed by atoms with Gasteiger partial charge in [0.15, 0.2) is 0 Å². The number of nitrogens with zero attached hydrogens (tertiary/aromatic N) is 1. The molecule has 1 heterocycles. The molecule has 1 N–H and O–H groups in total. The Morgan fingerprint density at radius 3 is 1.75 bits per heavy atom. The highest BCUT2D eigenvalue weighted by atomic mass is 32.2. The lowest BCUT2D eigenvalue weighted by molar-refractivity contribution is -0.125. The second kappa shape index (κ2) is 9.83. The number of amides is 3. The number of imide groups is 1. The molecule has 0 aliphatic carbocycles. The van der Waals surface area contributed by atoms with Gasteiger partial charge in [-0.2, -0.15) is 11.8 Å². The molecule has 1 atom stereocenters. The van der Waals surface area contributed by atoms with E-state index in [0.717, 1.165) is 16.0 Å². The molecule has 6 heteroatoms. The van der Waals surface area contributed by atoms with Gasteiger partial charge in [0.1, 0.15) is 6.04 Å². The Kier molecular flexibility index (Phi) is 6.71. The fourth-order valence-electron chi connectivity index (χ4n) is 3.99. The molecule has 0 spiro atoms. The molecule has 0 bridgehead atoms. The normalized spacial score (nSPS) is 13.9. The molecule has 162 valence electrons. The van der Waals surface area contributed by atoms with Crippen molar-refractivity contribution in [3.63, 3.8) is 0 Å². The summed E-state index contributed by atoms with van der Waals surface area (Å²) in [4.78, 5) is 40.8. The highest BCUT2D eigenvalue weighted by Gasteiger charge is 2.42. The SMILES string of the molecule is CSCC[C@@H](C(=O)NC(c1ccccc1)c1ccccc1)N1C(=O)c2ccccc2C1=O. The van der Waals surface area contributed by atoms with Crippen molar-refractivity contribution in [2.45, 2.75) is 18.5 Å². The molecule has 0 saturated heterocycles. The summed E-state index contributed by atoms with van der Waals surface area (Å²) in [6, 6.07) is 24.8. The summed E-state index contributed by atoms with van der Waals surface area (Å²) < 4.78 is 0. The molecule has 3 aromatic carbocycles. The molecule has 1 aliphatic rings. The van der Waals surface area contributed by atoms with E-state index in [4.69, 9.17) is 0 Å². The fourth-order valence-corrected chi connectivity index (χ4v) is 4.45. The zero-order chi connectivity index (χ0) is 22.5. The van der Waals surface area contributed by atoms with Crippen LogP contribution in [-0.2, 0) is 4.79 Å². The third-order valence-corrected chi connectivity index (χ3v) is 6.23. The predicted molar refractivity (Wildman–Crippen MR) is 127 cm³/mol. The van der Waals surface area contributed by atoms with E-state index >= 15 is 0 Å². The van der Waals surface area contributed by atoms with E-state index in [0.29, 0.717) is 23.3 Å². The highest BCUT2D eigenvalue weighted by Crippen LogP contribution is 2.28. The van der Waals surface area contributed by atoms with Crippen molar-refractivity contribution in [2.24, 2.45) is 0 Å². The lowest BCUT2D eigenvalue weighted by Gasteiger charge is -2.28. The largest absolute Gasteiger partial charge is 0.343 e. The Balaban J connectivity index is 1.66. The number of carbonyl (C=O) groups is 3. The Morgan fingerprint density at radius 2 is 1.28 bits per heavy atom. The van der Waals surface area contributed by atoms with Crippen molar-refractivity contribution in [2.75, 3.05) is 12.0 Å². The number of hydrogen-bond acceptors (Lipinski definition) is 4. The molecule has 1 aliphatic heterocycles. The number of fused-ring (bicyclic) bond motifs is 1. The van der Waals surface area contributed by atoms with Crippen LogP contribution in [0.1, 0.15) is 44.3 Å². The molecule has 0 radical (unpaired) electrons. The summed E-state index contributed by atoms with van der Waals surface area (Å²) >= 11 is 1.57. The van der Waals surface area contributed by atoms with E-state index in [1.165, 1.54) is 0 Å². The van der Waals surface area contributed by atoms with Gasteiger partial charge in [0, 0.05) is 0 Å². The van der Waals surface area contributed by atoms with Gasteiger partial charge in [0.2, 0.25) is 5.91 Å². The lowest BCUT2D eigenvalue weighted by Crippen LogP contribution is -2.50. The van der Waals surface area contributed by atoms with E-state index in [1.807, 2.05) is 66.9 Å². The van der Waals surface area contributed by atoms with Crippen molar-refractivity contribution >= 4 is 29.5 Å². The molecule has 32 heavy (non-hydrogen) atoms. The van der Waals surface area contributed by atoms with E-state index in [9.17, 15) is 14.4 Å². The van der Waals surface area contributed by atoms with Gasteiger partial charge in [-0.15, -0.1) is 0 Å². The van der Waals surface area contributed by atoms with Crippen LogP contribution in [0.2, 0.25) is 0 Å². The van der Waals surface area contributed by atoms with Crippen LogP contribution in [0.4, 0.5) is 0 Å². The molecule has 0 fully saturated rings. The summed E-state index contributed by atoms with van der Waals surface area (Å²) in [6.07, 6.45) is 2.32. The van der Waals surface area contributed by atoms with Crippen LogP contribution in [0.5, 0.6) is 0 Å². The second-order valence-electron chi connectivity index (χ2n) is 7.59. The number of thioether (sulfide) groups is 1. The molecular formula is C26H24N2O3S. The number of benzene rings is 3. The van der Waals surface area contributed by atoms with Gasteiger partial charge < -0.3 is 5.32 Å². The summed E-state index contributed by atoms with van der Waals surface area (Å²) in [7, 11) is 0. The minimum atomic E-state index is -0.884. The molecule has 5 nitrogen and oxygen atoms in total. The van der Waals surface area contributed by atoms with Gasteiger partial charge in [-0.1, -0.05) is 72.8 Å². The number of carbonyl (C=O) groups excluding carboxylic acids is 3. The van der Waals surface area contributed by atoms with Crippen LogP contribution in [-0.4, -0.2) is 40.7 Å². The van der Waals surface area contributed by atoms with Crippen LogP contribution in [0, 0.1) is 0 Å². The van der Waals surface area contributed by atoms with Gasteiger partial charge in [-0.3, -0.25) is 19.3 Å². The van der Waals surface area contributed by atoms with Gasteiger partial charge in [0.05, 0.1) is 17.2 Å². The van der Waals surface area contributed by atoms with Crippen molar-refractivity contribution in [1.82, 2.24) is 10.2 Å². The van der Waals surface area contributed by atoms with Crippen molar-refractivity contribution in [1.29, 1.82) is 0 Å². The van der Waals surface area contributed by atoms with E-state index < -0.39 is 23.9 Å². The quantitative estimate of drug-likeness (QED) is 0.526. The van der Waals surface area contributed by atoms with Crippen LogP contribution in [0.25, 0.3) is 0 Å². The number of rotatable bonds is 8. The maximum Gasteiger partial charge on any atom is 0.262 e. The first-order valence-corrected chi connectivity index (χ1v) is 11.9. The summed E-state index contributed by atoms with van der Waals surface area (Å²) in [6.45, 7) is 0.